The quantitative estimate of drug-likeness (QED) is 0.479. The molecule has 0 unspecified atom stereocenters. The minimum absolute atomic E-state index is 0.0341. The van der Waals surface area contributed by atoms with Gasteiger partial charge in [0.25, 0.3) is 0 Å². The Bertz CT molecular complexity index is 918. The Morgan fingerprint density at radius 3 is 2.67 bits per heavy atom. The molecule has 3 rings (SSSR count). The van der Waals surface area contributed by atoms with E-state index in [1.165, 1.54) is 11.3 Å². The fourth-order valence-electron chi connectivity index (χ4n) is 2.24. The number of halogens is 2. The molecule has 0 saturated heterocycles. The van der Waals surface area contributed by atoms with Gasteiger partial charge in [-0.3, -0.25) is 4.99 Å². The van der Waals surface area contributed by atoms with Crippen LogP contribution in [-0.4, -0.2) is 40.0 Å². The lowest BCUT2D eigenvalue weighted by atomic mass is 10.0. The van der Waals surface area contributed by atoms with E-state index in [1.54, 1.807) is 24.3 Å². The van der Waals surface area contributed by atoms with E-state index in [1.807, 2.05) is 6.07 Å². The summed E-state index contributed by atoms with van der Waals surface area (Å²) >= 11 is 13.5. The summed E-state index contributed by atoms with van der Waals surface area (Å²) in [5.41, 5.74) is 1.36. The van der Waals surface area contributed by atoms with Gasteiger partial charge in [-0.05, 0) is 12.1 Å². The van der Waals surface area contributed by atoms with E-state index < -0.39 is 11.7 Å². The predicted octanol–water partition coefficient (Wildman–Crippen LogP) is 3.89. The van der Waals surface area contributed by atoms with Gasteiger partial charge in [-0.2, -0.15) is 0 Å². The molecule has 0 aliphatic carbocycles. The molecule has 2 N–H and O–H groups in total. The maximum absolute atomic E-state index is 11.2. The number of carbonyl (C=O) groups is 1. The van der Waals surface area contributed by atoms with E-state index in [0.717, 1.165) is 0 Å². The summed E-state index contributed by atoms with van der Waals surface area (Å²) in [5.74, 6) is -1.39. The zero-order valence-electron chi connectivity index (χ0n) is 11.9. The SMILES string of the molecule is O=C(O)C(=NO)C1=Nc2sc(Cl)cc2C(c2ccccc2Cl)=NC1. The molecule has 0 amide bonds. The first kappa shape index (κ1) is 16.6. The fourth-order valence-corrected chi connectivity index (χ4v) is 3.57. The molecule has 0 atom stereocenters. The van der Waals surface area contributed by atoms with Crippen LogP contribution in [0.4, 0.5) is 5.00 Å². The van der Waals surface area contributed by atoms with Crippen molar-refractivity contribution in [1.29, 1.82) is 0 Å². The highest BCUT2D eigenvalue weighted by Gasteiger charge is 2.25. The summed E-state index contributed by atoms with van der Waals surface area (Å²) in [5, 5.41) is 21.9. The van der Waals surface area contributed by atoms with Crippen molar-refractivity contribution >= 4 is 62.6 Å². The third kappa shape index (κ3) is 3.06. The van der Waals surface area contributed by atoms with Gasteiger partial charge in [0, 0.05) is 16.1 Å². The van der Waals surface area contributed by atoms with Crippen molar-refractivity contribution in [3.05, 3.63) is 50.8 Å². The highest BCUT2D eigenvalue weighted by molar-refractivity contribution is 7.20. The number of thiophene rings is 1. The highest BCUT2D eigenvalue weighted by Crippen LogP contribution is 2.38. The van der Waals surface area contributed by atoms with Crippen LogP contribution in [0.1, 0.15) is 11.1 Å². The molecule has 0 radical (unpaired) electrons. The molecule has 122 valence electrons. The van der Waals surface area contributed by atoms with Crippen LogP contribution in [-0.2, 0) is 4.79 Å². The second-order valence-electron chi connectivity index (χ2n) is 4.73. The van der Waals surface area contributed by atoms with Crippen LogP contribution in [0.2, 0.25) is 9.36 Å². The summed E-state index contributed by atoms with van der Waals surface area (Å²) in [7, 11) is 0. The summed E-state index contributed by atoms with van der Waals surface area (Å²) in [4.78, 5) is 19.9. The van der Waals surface area contributed by atoms with Crippen LogP contribution in [0.15, 0.2) is 45.5 Å². The average Bonchev–Trinajstić information content (AvgIpc) is 2.81. The zero-order chi connectivity index (χ0) is 17.3. The maximum atomic E-state index is 11.2. The molecular formula is C15H9Cl2N3O3S. The molecule has 2 aromatic rings. The number of carboxylic acid groups (broad SMARTS) is 1. The molecule has 9 heteroatoms. The number of benzene rings is 1. The molecule has 0 fully saturated rings. The number of oxime groups is 1. The highest BCUT2D eigenvalue weighted by atomic mass is 35.5. The zero-order valence-corrected chi connectivity index (χ0v) is 14.2. The Morgan fingerprint density at radius 2 is 2.00 bits per heavy atom. The molecular weight excluding hydrogens is 373 g/mol. The fraction of sp³-hybridized carbons (Fsp3) is 0.0667. The molecule has 2 heterocycles. The Balaban J connectivity index is 2.18. The Labute approximate surface area is 150 Å². The van der Waals surface area contributed by atoms with E-state index in [4.69, 9.17) is 33.5 Å². The van der Waals surface area contributed by atoms with E-state index in [9.17, 15) is 4.79 Å². The minimum Gasteiger partial charge on any atom is -0.476 e. The second kappa shape index (κ2) is 6.72. The normalized spacial score (nSPS) is 14.5. The first-order chi connectivity index (χ1) is 11.5. The van der Waals surface area contributed by atoms with Gasteiger partial charge >= 0.3 is 5.97 Å². The number of fused-ring (bicyclic) bond motifs is 1. The van der Waals surface area contributed by atoms with E-state index in [-0.39, 0.29) is 12.3 Å². The van der Waals surface area contributed by atoms with Gasteiger partial charge in [-0.15, -0.1) is 11.3 Å². The van der Waals surface area contributed by atoms with E-state index >= 15 is 0 Å². The molecule has 24 heavy (non-hydrogen) atoms. The van der Waals surface area contributed by atoms with Gasteiger partial charge in [0.15, 0.2) is 0 Å². The summed E-state index contributed by atoms with van der Waals surface area (Å²) in [6.45, 7) is -0.0642. The van der Waals surface area contributed by atoms with Gasteiger partial charge in [-0.1, -0.05) is 46.6 Å². The van der Waals surface area contributed by atoms with Crippen LogP contribution in [0.3, 0.4) is 0 Å². The summed E-state index contributed by atoms with van der Waals surface area (Å²) in [6, 6.07) is 8.86. The number of carboxylic acids is 1. The lowest BCUT2D eigenvalue weighted by Gasteiger charge is -2.06. The third-order valence-electron chi connectivity index (χ3n) is 3.27. The topological polar surface area (TPSA) is 94.6 Å². The van der Waals surface area contributed by atoms with Gasteiger partial charge in [0.05, 0.1) is 16.6 Å². The lowest BCUT2D eigenvalue weighted by Crippen LogP contribution is -2.26. The number of hydrogen-bond acceptors (Lipinski definition) is 6. The number of hydrogen-bond donors (Lipinski definition) is 2. The van der Waals surface area contributed by atoms with Crippen molar-refractivity contribution in [3.8, 4) is 0 Å². The van der Waals surface area contributed by atoms with E-state index in [0.29, 0.717) is 31.2 Å². The van der Waals surface area contributed by atoms with Gasteiger partial charge in [0.1, 0.15) is 10.7 Å². The molecule has 1 aliphatic rings. The largest absolute Gasteiger partial charge is 0.476 e. The number of rotatable bonds is 3. The van der Waals surface area contributed by atoms with Crippen molar-refractivity contribution in [2.45, 2.75) is 0 Å². The molecule has 0 spiro atoms. The van der Waals surface area contributed by atoms with Crippen LogP contribution in [0.25, 0.3) is 0 Å². The molecule has 1 aliphatic heterocycles. The number of aliphatic carboxylic acids is 1. The van der Waals surface area contributed by atoms with Crippen molar-refractivity contribution in [2.75, 3.05) is 6.54 Å². The average molecular weight is 382 g/mol. The monoisotopic (exact) mass is 381 g/mol. The second-order valence-corrected chi connectivity index (χ2v) is 6.80. The van der Waals surface area contributed by atoms with Crippen molar-refractivity contribution < 1.29 is 15.1 Å². The van der Waals surface area contributed by atoms with E-state index in [2.05, 4.69) is 15.1 Å². The lowest BCUT2D eigenvalue weighted by molar-refractivity contribution is -0.129. The minimum atomic E-state index is -1.39. The number of nitrogens with zero attached hydrogens (tertiary/aromatic N) is 3. The number of aliphatic imine (C=N–C) groups is 2. The van der Waals surface area contributed by atoms with Crippen molar-refractivity contribution in [3.63, 3.8) is 0 Å². The van der Waals surface area contributed by atoms with Crippen LogP contribution >= 0.6 is 34.5 Å². The Kier molecular flexibility index (Phi) is 4.66. The Morgan fingerprint density at radius 1 is 1.25 bits per heavy atom. The standard InChI is InChI=1S/C15H9Cl2N3O3S/c16-9-4-2-1-3-7(9)12-8-5-11(17)24-14(8)19-10(6-18-12)13(20-23)15(21)22/h1-5,23H,6H2,(H,21,22). The first-order valence-electron chi connectivity index (χ1n) is 6.63. The summed E-state index contributed by atoms with van der Waals surface area (Å²) < 4.78 is 0.475. The molecule has 1 aromatic heterocycles. The maximum Gasteiger partial charge on any atom is 0.359 e. The predicted molar refractivity (Wildman–Crippen MR) is 95.2 cm³/mol. The molecule has 6 nitrogen and oxygen atoms in total. The van der Waals surface area contributed by atoms with Crippen molar-refractivity contribution in [2.24, 2.45) is 15.1 Å². The van der Waals surface area contributed by atoms with Gasteiger partial charge in [0.2, 0.25) is 5.71 Å². The molecule has 1 aromatic carbocycles. The molecule has 0 saturated carbocycles. The van der Waals surface area contributed by atoms with Gasteiger partial charge < -0.3 is 10.3 Å². The van der Waals surface area contributed by atoms with Crippen molar-refractivity contribution in [1.82, 2.24) is 0 Å². The summed E-state index contributed by atoms with van der Waals surface area (Å²) in [6.07, 6.45) is 0. The van der Waals surface area contributed by atoms with Crippen LogP contribution in [0, 0.1) is 0 Å². The Hall–Kier alpha value is -2.22. The van der Waals surface area contributed by atoms with Gasteiger partial charge in [-0.25, -0.2) is 9.79 Å². The smallest absolute Gasteiger partial charge is 0.359 e. The van der Waals surface area contributed by atoms with Crippen LogP contribution < -0.4 is 0 Å². The third-order valence-corrected chi connectivity index (χ3v) is 4.75. The van der Waals surface area contributed by atoms with Crippen LogP contribution in [0.5, 0.6) is 0 Å². The first-order valence-corrected chi connectivity index (χ1v) is 8.21. The molecule has 0 bridgehead atoms.